The van der Waals surface area contributed by atoms with Crippen LogP contribution in [0, 0.1) is 6.92 Å². The summed E-state index contributed by atoms with van der Waals surface area (Å²) in [5.74, 6) is 0.666. The first kappa shape index (κ1) is 15.3. The lowest BCUT2D eigenvalue weighted by atomic mass is 10.1. The Hall–Kier alpha value is -2.14. The Labute approximate surface area is 124 Å². The lowest BCUT2D eigenvalue weighted by Gasteiger charge is -2.25. The average molecular weight is 287 g/mol. The largest absolute Gasteiger partial charge is 0.361 e. The van der Waals surface area contributed by atoms with E-state index in [1.165, 1.54) is 5.56 Å². The van der Waals surface area contributed by atoms with Crippen LogP contribution in [0.3, 0.4) is 0 Å². The van der Waals surface area contributed by atoms with Gasteiger partial charge in [0.25, 0.3) is 0 Å². The molecule has 0 aliphatic carbocycles. The van der Waals surface area contributed by atoms with Crippen molar-refractivity contribution < 1.29 is 9.32 Å². The molecule has 0 saturated carbocycles. The summed E-state index contributed by atoms with van der Waals surface area (Å²) in [4.78, 5) is 14.1. The molecule has 1 atom stereocenters. The molecule has 21 heavy (non-hydrogen) atoms. The Kier molecular flexibility index (Phi) is 5.11. The van der Waals surface area contributed by atoms with Gasteiger partial charge in [-0.1, -0.05) is 35.5 Å². The van der Waals surface area contributed by atoms with Crippen LogP contribution in [0.5, 0.6) is 0 Å². The fraction of sp³-hybridized carbons (Fsp3) is 0.375. The van der Waals surface area contributed by atoms with E-state index in [1.54, 1.807) is 6.07 Å². The first-order valence-corrected chi connectivity index (χ1v) is 6.96. The van der Waals surface area contributed by atoms with Crippen molar-refractivity contribution in [2.45, 2.75) is 19.4 Å². The number of hydrogen-bond acceptors (Lipinski definition) is 4. The Morgan fingerprint density at radius 1 is 1.33 bits per heavy atom. The maximum atomic E-state index is 12.0. The number of aryl methyl sites for hydroxylation is 1. The molecule has 0 fully saturated rings. The maximum absolute atomic E-state index is 12.0. The lowest BCUT2D eigenvalue weighted by Crippen LogP contribution is -2.35. The second-order valence-electron chi connectivity index (χ2n) is 5.30. The molecule has 0 aliphatic rings. The van der Waals surface area contributed by atoms with Crippen LogP contribution in [0.15, 0.2) is 40.9 Å². The molecule has 5 heteroatoms. The van der Waals surface area contributed by atoms with E-state index in [1.807, 2.05) is 39.2 Å². The molecule has 1 aromatic carbocycles. The van der Waals surface area contributed by atoms with E-state index in [-0.39, 0.29) is 18.4 Å². The number of hydrogen-bond donors (Lipinski definition) is 1. The van der Waals surface area contributed by atoms with Crippen molar-refractivity contribution in [1.82, 2.24) is 15.4 Å². The van der Waals surface area contributed by atoms with Crippen LogP contribution >= 0.6 is 0 Å². The second kappa shape index (κ2) is 7.04. The van der Waals surface area contributed by atoms with Crippen LogP contribution in [0.1, 0.15) is 23.1 Å². The van der Waals surface area contributed by atoms with E-state index >= 15 is 0 Å². The van der Waals surface area contributed by atoms with Gasteiger partial charge in [-0.05, 0) is 26.6 Å². The zero-order valence-electron chi connectivity index (χ0n) is 12.7. The molecule has 0 saturated heterocycles. The lowest BCUT2D eigenvalue weighted by molar-refractivity contribution is -0.120. The molecule has 0 spiro atoms. The fourth-order valence-corrected chi connectivity index (χ4v) is 2.21. The quantitative estimate of drug-likeness (QED) is 0.882. The molecular weight excluding hydrogens is 266 g/mol. The number of aromatic nitrogens is 1. The summed E-state index contributed by atoms with van der Waals surface area (Å²) >= 11 is 0. The van der Waals surface area contributed by atoms with Gasteiger partial charge < -0.3 is 14.7 Å². The Balaban J connectivity index is 1.91. The first-order valence-electron chi connectivity index (χ1n) is 6.96. The highest BCUT2D eigenvalue weighted by Gasteiger charge is 2.15. The molecule has 1 aromatic heterocycles. The minimum Gasteiger partial charge on any atom is -0.361 e. The number of nitrogens with one attached hydrogen (secondary N) is 1. The topological polar surface area (TPSA) is 58.4 Å². The van der Waals surface area contributed by atoms with E-state index in [0.717, 1.165) is 0 Å². The van der Waals surface area contributed by atoms with E-state index in [9.17, 15) is 4.79 Å². The molecule has 2 aromatic rings. The molecule has 2 rings (SSSR count). The number of likely N-dealkylation sites (N-methyl/N-ethyl adjacent to an activating group) is 1. The smallest absolute Gasteiger partial charge is 0.226 e. The normalized spacial score (nSPS) is 12.4. The first-order chi connectivity index (χ1) is 10.1. The third-order valence-corrected chi connectivity index (χ3v) is 3.32. The van der Waals surface area contributed by atoms with Crippen molar-refractivity contribution in [1.29, 1.82) is 0 Å². The second-order valence-corrected chi connectivity index (χ2v) is 5.30. The van der Waals surface area contributed by atoms with Gasteiger partial charge in [-0.2, -0.15) is 0 Å². The van der Waals surface area contributed by atoms with Gasteiger partial charge in [0.2, 0.25) is 5.91 Å². The predicted molar refractivity (Wildman–Crippen MR) is 80.8 cm³/mol. The van der Waals surface area contributed by atoms with Crippen LogP contribution in [-0.4, -0.2) is 36.6 Å². The highest BCUT2D eigenvalue weighted by molar-refractivity contribution is 5.78. The standard InChI is InChI=1S/C16H21N3O2/c1-12-9-14(18-21-12)10-16(20)17-11-15(19(2)3)13-7-5-4-6-8-13/h4-9,15H,10-11H2,1-3H3,(H,17,20). The van der Waals surface area contributed by atoms with Gasteiger partial charge in [0, 0.05) is 12.6 Å². The summed E-state index contributed by atoms with van der Waals surface area (Å²) < 4.78 is 4.96. The molecule has 0 radical (unpaired) electrons. The van der Waals surface area contributed by atoms with E-state index < -0.39 is 0 Å². The monoisotopic (exact) mass is 287 g/mol. The minimum atomic E-state index is -0.0499. The van der Waals surface area contributed by atoms with Crippen LogP contribution in [0.2, 0.25) is 0 Å². The summed E-state index contributed by atoms with van der Waals surface area (Å²) in [6, 6.07) is 12.1. The van der Waals surface area contributed by atoms with Gasteiger partial charge >= 0.3 is 0 Å². The number of rotatable bonds is 6. The predicted octanol–water partition coefficient (Wildman–Crippen LogP) is 1.94. The van der Waals surface area contributed by atoms with Crippen molar-refractivity contribution in [2.24, 2.45) is 0 Å². The summed E-state index contributed by atoms with van der Waals surface area (Å²) in [5.41, 5.74) is 1.84. The van der Waals surface area contributed by atoms with Gasteiger partial charge in [0.15, 0.2) is 0 Å². The molecule has 0 aliphatic heterocycles. The van der Waals surface area contributed by atoms with Gasteiger partial charge in [-0.3, -0.25) is 4.79 Å². The molecule has 1 amide bonds. The molecular formula is C16H21N3O2. The van der Waals surface area contributed by atoms with E-state index in [2.05, 4.69) is 27.5 Å². The SMILES string of the molecule is Cc1cc(CC(=O)NCC(c2ccccc2)N(C)C)no1. The van der Waals surface area contributed by atoms with Crippen LogP contribution in [-0.2, 0) is 11.2 Å². The van der Waals surface area contributed by atoms with Gasteiger partial charge in [0.1, 0.15) is 5.76 Å². The summed E-state index contributed by atoms with van der Waals surface area (Å²) in [7, 11) is 4.01. The van der Waals surface area contributed by atoms with Crippen LogP contribution < -0.4 is 5.32 Å². The third kappa shape index (κ3) is 4.43. The molecule has 5 nitrogen and oxygen atoms in total. The zero-order valence-corrected chi connectivity index (χ0v) is 12.7. The number of benzene rings is 1. The third-order valence-electron chi connectivity index (χ3n) is 3.32. The Morgan fingerprint density at radius 2 is 2.05 bits per heavy atom. The highest BCUT2D eigenvalue weighted by Crippen LogP contribution is 2.16. The number of carbonyl (C=O) groups is 1. The molecule has 112 valence electrons. The fourth-order valence-electron chi connectivity index (χ4n) is 2.21. The van der Waals surface area contributed by atoms with Crippen molar-refractivity contribution in [2.75, 3.05) is 20.6 Å². The number of amides is 1. The van der Waals surface area contributed by atoms with E-state index in [0.29, 0.717) is 18.0 Å². The molecule has 1 heterocycles. The highest BCUT2D eigenvalue weighted by atomic mass is 16.5. The Bertz CT molecular complexity index is 578. The summed E-state index contributed by atoms with van der Waals surface area (Å²) in [6.07, 6.45) is 0.242. The molecule has 1 unspecified atom stereocenters. The number of nitrogens with zero attached hydrogens (tertiary/aromatic N) is 2. The van der Waals surface area contributed by atoms with E-state index in [4.69, 9.17) is 4.52 Å². The molecule has 1 N–H and O–H groups in total. The van der Waals surface area contributed by atoms with Crippen molar-refractivity contribution >= 4 is 5.91 Å². The molecule has 0 bridgehead atoms. The minimum absolute atomic E-state index is 0.0499. The summed E-state index contributed by atoms with van der Waals surface area (Å²) in [6.45, 7) is 2.37. The summed E-state index contributed by atoms with van der Waals surface area (Å²) in [5, 5.41) is 6.79. The average Bonchev–Trinajstić information content (AvgIpc) is 2.85. The maximum Gasteiger partial charge on any atom is 0.226 e. The van der Waals surface area contributed by atoms with Gasteiger partial charge in [0.05, 0.1) is 18.2 Å². The van der Waals surface area contributed by atoms with Crippen molar-refractivity contribution in [3.05, 3.63) is 53.4 Å². The zero-order chi connectivity index (χ0) is 15.2. The van der Waals surface area contributed by atoms with Crippen LogP contribution in [0.4, 0.5) is 0 Å². The van der Waals surface area contributed by atoms with Crippen molar-refractivity contribution in [3.63, 3.8) is 0 Å². The van der Waals surface area contributed by atoms with Crippen molar-refractivity contribution in [3.8, 4) is 0 Å². The van der Waals surface area contributed by atoms with Crippen LogP contribution in [0.25, 0.3) is 0 Å². The Morgan fingerprint density at radius 3 is 2.62 bits per heavy atom. The van der Waals surface area contributed by atoms with Gasteiger partial charge in [-0.15, -0.1) is 0 Å². The van der Waals surface area contributed by atoms with Gasteiger partial charge in [-0.25, -0.2) is 0 Å². The number of carbonyl (C=O) groups excluding carboxylic acids is 1.